The van der Waals surface area contributed by atoms with Crippen LogP contribution < -0.4 is 10.5 Å². The Morgan fingerprint density at radius 1 is 1.39 bits per heavy atom. The largest absolute Gasteiger partial charge is 0.493 e. The van der Waals surface area contributed by atoms with Gasteiger partial charge in [0, 0.05) is 24.1 Å². The fourth-order valence-electron chi connectivity index (χ4n) is 3.34. The number of nitrogens with zero attached hydrogens (tertiary/aromatic N) is 1. The molecule has 18 heavy (non-hydrogen) atoms. The Balaban J connectivity index is 1.87. The molecule has 0 amide bonds. The van der Waals surface area contributed by atoms with E-state index in [1.54, 1.807) is 0 Å². The lowest BCUT2D eigenvalue weighted by atomic mass is 9.91. The minimum atomic E-state index is 0.506. The number of rotatable bonds is 2. The first kappa shape index (κ1) is 12.0. The summed E-state index contributed by atoms with van der Waals surface area (Å²) in [5, 5.41) is 0. The van der Waals surface area contributed by atoms with Crippen LogP contribution in [0.1, 0.15) is 24.9 Å². The highest BCUT2D eigenvalue weighted by atomic mass is 16.5. The Morgan fingerprint density at radius 3 is 3.00 bits per heavy atom. The minimum absolute atomic E-state index is 0.506. The van der Waals surface area contributed by atoms with Crippen molar-refractivity contribution in [3.8, 4) is 5.75 Å². The van der Waals surface area contributed by atoms with Crippen molar-refractivity contribution in [3.05, 3.63) is 29.8 Å². The van der Waals surface area contributed by atoms with Crippen LogP contribution in [-0.2, 0) is 0 Å². The van der Waals surface area contributed by atoms with E-state index < -0.39 is 0 Å². The first-order valence-electron chi connectivity index (χ1n) is 6.95. The number of hydrogen-bond donors (Lipinski definition) is 1. The van der Waals surface area contributed by atoms with Crippen molar-refractivity contribution >= 4 is 0 Å². The molecule has 1 aromatic carbocycles. The van der Waals surface area contributed by atoms with Gasteiger partial charge in [-0.2, -0.15) is 0 Å². The van der Waals surface area contributed by atoms with Gasteiger partial charge in [0.05, 0.1) is 6.61 Å². The molecule has 3 unspecified atom stereocenters. The third-order valence-electron chi connectivity index (χ3n) is 4.32. The third-order valence-corrected chi connectivity index (χ3v) is 4.32. The summed E-state index contributed by atoms with van der Waals surface area (Å²) < 4.78 is 5.83. The molecule has 1 aromatic rings. The Bertz CT molecular complexity index is 421. The Hall–Kier alpha value is -1.06. The second-order valence-corrected chi connectivity index (χ2v) is 5.66. The molecule has 3 nitrogen and oxygen atoms in total. The summed E-state index contributed by atoms with van der Waals surface area (Å²) in [4.78, 5) is 2.60. The monoisotopic (exact) mass is 246 g/mol. The fourth-order valence-corrected chi connectivity index (χ4v) is 3.34. The van der Waals surface area contributed by atoms with Crippen LogP contribution in [0.15, 0.2) is 24.3 Å². The van der Waals surface area contributed by atoms with Crippen molar-refractivity contribution in [3.63, 3.8) is 0 Å². The van der Waals surface area contributed by atoms with Crippen LogP contribution in [0.5, 0.6) is 5.75 Å². The average molecular weight is 246 g/mol. The van der Waals surface area contributed by atoms with Gasteiger partial charge in [-0.05, 0) is 31.5 Å². The van der Waals surface area contributed by atoms with Gasteiger partial charge >= 0.3 is 0 Å². The maximum atomic E-state index is 5.83. The summed E-state index contributed by atoms with van der Waals surface area (Å²) in [7, 11) is 0. The van der Waals surface area contributed by atoms with Gasteiger partial charge in [0.2, 0.25) is 0 Å². The van der Waals surface area contributed by atoms with Crippen LogP contribution in [0.4, 0.5) is 0 Å². The van der Waals surface area contributed by atoms with E-state index in [1.807, 2.05) is 0 Å². The zero-order valence-corrected chi connectivity index (χ0v) is 11.0. The van der Waals surface area contributed by atoms with Gasteiger partial charge in [0.25, 0.3) is 0 Å². The molecule has 1 fully saturated rings. The number of benzene rings is 1. The smallest absolute Gasteiger partial charge is 0.124 e. The molecule has 0 bridgehead atoms. The fraction of sp³-hybridized carbons (Fsp3) is 0.600. The minimum Gasteiger partial charge on any atom is -0.493 e. The highest BCUT2D eigenvalue weighted by molar-refractivity contribution is 5.38. The van der Waals surface area contributed by atoms with Crippen molar-refractivity contribution in [1.29, 1.82) is 0 Å². The second-order valence-electron chi connectivity index (χ2n) is 5.66. The molecule has 0 aromatic heterocycles. The summed E-state index contributed by atoms with van der Waals surface area (Å²) in [6.45, 7) is 6.24. The molecule has 0 radical (unpaired) electrons. The zero-order chi connectivity index (χ0) is 12.5. The molecule has 98 valence electrons. The van der Waals surface area contributed by atoms with E-state index in [-0.39, 0.29) is 0 Å². The van der Waals surface area contributed by atoms with Crippen LogP contribution in [-0.4, -0.2) is 31.1 Å². The van der Waals surface area contributed by atoms with Crippen LogP contribution in [0.3, 0.4) is 0 Å². The lowest BCUT2D eigenvalue weighted by Crippen LogP contribution is -2.37. The Labute approximate surface area is 109 Å². The molecule has 3 heteroatoms. The Morgan fingerprint density at radius 2 is 2.22 bits per heavy atom. The molecule has 2 aliphatic heterocycles. The molecule has 3 rings (SSSR count). The van der Waals surface area contributed by atoms with Crippen molar-refractivity contribution in [2.24, 2.45) is 17.6 Å². The van der Waals surface area contributed by atoms with Gasteiger partial charge < -0.3 is 10.5 Å². The highest BCUT2D eigenvalue weighted by Crippen LogP contribution is 2.40. The number of likely N-dealkylation sites (tertiary alicyclic amines) is 1. The summed E-state index contributed by atoms with van der Waals surface area (Å²) in [6.07, 6.45) is 1.24. The van der Waals surface area contributed by atoms with E-state index in [4.69, 9.17) is 10.5 Å². The number of hydrogen-bond acceptors (Lipinski definition) is 3. The standard InChI is InChI=1S/C15H22N2O/c1-11-10-18-14-5-3-2-4-13(14)15(11)17-7-6-12(8-16)9-17/h2-5,11-12,15H,6-10,16H2,1H3. The van der Waals surface area contributed by atoms with Gasteiger partial charge in [-0.1, -0.05) is 25.1 Å². The SMILES string of the molecule is CC1COc2ccccc2C1N1CCC(CN)C1. The van der Waals surface area contributed by atoms with Crippen molar-refractivity contribution in [1.82, 2.24) is 4.90 Å². The van der Waals surface area contributed by atoms with Gasteiger partial charge in [0.1, 0.15) is 5.75 Å². The molecule has 2 aliphatic rings. The summed E-state index contributed by atoms with van der Waals surface area (Å²) in [6, 6.07) is 8.98. The van der Waals surface area contributed by atoms with E-state index in [9.17, 15) is 0 Å². The number of ether oxygens (including phenoxy) is 1. The number of para-hydroxylation sites is 1. The second kappa shape index (κ2) is 4.90. The third kappa shape index (κ3) is 2.02. The normalized spacial score (nSPS) is 32.0. The van der Waals surface area contributed by atoms with E-state index in [2.05, 4.69) is 36.1 Å². The molecule has 2 N–H and O–H groups in total. The first-order valence-corrected chi connectivity index (χ1v) is 6.95. The van der Waals surface area contributed by atoms with Crippen LogP contribution in [0.2, 0.25) is 0 Å². The molecule has 3 atom stereocenters. The van der Waals surface area contributed by atoms with Crippen LogP contribution >= 0.6 is 0 Å². The lowest BCUT2D eigenvalue weighted by molar-refractivity contribution is 0.106. The predicted molar refractivity (Wildman–Crippen MR) is 72.6 cm³/mol. The van der Waals surface area contributed by atoms with Crippen molar-refractivity contribution in [2.75, 3.05) is 26.2 Å². The van der Waals surface area contributed by atoms with E-state index in [1.165, 1.54) is 18.5 Å². The van der Waals surface area contributed by atoms with E-state index in [0.29, 0.717) is 17.9 Å². The highest BCUT2D eigenvalue weighted by Gasteiger charge is 2.35. The van der Waals surface area contributed by atoms with E-state index >= 15 is 0 Å². The number of fused-ring (bicyclic) bond motifs is 1. The Kier molecular flexibility index (Phi) is 3.27. The maximum Gasteiger partial charge on any atom is 0.124 e. The molecule has 1 saturated heterocycles. The summed E-state index contributed by atoms with van der Waals surface area (Å²) >= 11 is 0. The first-order chi connectivity index (χ1) is 8.79. The van der Waals surface area contributed by atoms with Crippen LogP contribution in [0, 0.1) is 11.8 Å². The van der Waals surface area contributed by atoms with Gasteiger partial charge in [-0.15, -0.1) is 0 Å². The van der Waals surface area contributed by atoms with E-state index in [0.717, 1.165) is 25.4 Å². The molecule has 0 saturated carbocycles. The van der Waals surface area contributed by atoms with Gasteiger partial charge in [-0.3, -0.25) is 4.90 Å². The molecule has 0 spiro atoms. The molecule has 2 heterocycles. The predicted octanol–water partition coefficient (Wildman–Crippen LogP) is 2.04. The zero-order valence-electron chi connectivity index (χ0n) is 11.0. The maximum absolute atomic E-state index is 5.83. The molecular formula is C15H22N2O. The lowest BCUT2D eigenvalue weighted by Gasteiger charge is -2.37. The summed E-state index contributed by atoms with van der Waals surface area (Å²) in [5.74, 6) is 2.29. The quantitative estimate of drug-likeness (QED) is 0.868. The molecule has 0 aliphatic carbocycles. The van der Waals surface area contributed by atoms with Gasteiger partial charge in [0.15, 0.2) is 0 Å². The summed E-state index contributed by atoms with van der Waals surface area (Å²) in [5.41, 5.74) is 7.16. The number of nitrogens with two attached hydrogens (primary N) is 1. The average Bonchev–Trinajstić information content (AvgIpc) is 2.87. The van der Waals surface area contributed by atoms with Crippen molar-refractivity contribution in [2.45, 2.75) is 19.4 Å². The van der Waals surface area contributed by atoms with Crippen molar-refractivity contribution < 1.29 is 4.74 Å². The molecular weight excluding hydrogens is 224 g/mol. The van der Waals surface area contributed by atoms with Crippen LogP contribution in [0.25, 0.3) is 0 Å². The topological polar surface area (TPSA) is 38.5 Å². The van der Waals surface area contributed by atoms with Gasteiger partial charge in [-0.25, -0.2) is 0 Å².